The largest absolute Gasteiger partial charge is 0.482 e. The summed E-state index contributed by atoms with van der Waals surface area (Å²) in [4.78, 5) is 0. The summed E-state index contributed by atoms with van der Waals surface area (Å²) in [6, 6.07) is 13.1. The van der Waals surface area contributed by atoms with E-state index in [1.54, 1.807) is 0 Å². The molecule has 1 heterocycles. The molecule has 0 N–H and O–H groups in total. The van der Waals surface area contributed by atoms with Crippen LogP contribution in [0.5, 0.6) is 5.75 Å². The minimum atomic E-state index is -0.00798. The first kappa shape index (κ1) is 13.7. The molecule has 2 bridgehead atoms. The van der Waals surface area contributed by atoms with Crippen LogP contribution in [0, 0.1) is 11.8 Å². The molecule has 2 saturated carbocycles. The Bertz CT molecular complexity index is 779. The van der Waals surface area contributed by atoms with E-state index in [4.69, 9.17) is 4.74 Å². The molecule has 0 unspecified atom stereocenters. The Morgan fingerprint density at radius 1 is 0.913 bits per heavy atom. The first-order valence-electron chi connectivity index (χ1n) is 9.18. The highest BCUT2D eigenvalue weighted by molar-refractivity contribution is 5.94. The second-order valence-electron chi connectivity index (χ2n) is 7.68. The molecule has 0 aromatic heterocycles. The highest BCUT2D eigenvalue weighted by Gasteiger charge is 2.54. The van der Waals surface area contributed by atoms with Crippen LogP contribution < -0.4 is 4.74 Å². The van der Waals surface area contributed by atoms with Crippen LogP contribution in [-0.2, 0) is 0 Å². The Hall–Kier alpha value is -1.76. The van der Waals surface area contributed by atoms with Gasteiger partial charge in [0.2, 0.25) is 0 Å². The summed E-state index contributed by atoms with van der Waals surface area (Å²) >= 11 is 0. The third kappa shape index (κ3) is 1.80. The maximum Gasteiger partial charge on any atom is 0.136 e. The number of rotatable bonds is 0. The average molecular weight is 304 g/mol. The molecule has 2 aromatic rings. The Kier molecular flexibility index (Phi) is 2.89. The predicted octanol–water partition coefficient (Wildman–Crippen LogP) is 5.97. The van der Waals surface area contributed by atoms with Crippen molar-refractivity contribution in [3.8, 4) is 5.75 Å². The smallest absolute Gasteiger partial charge is 0.136 e. The van der Waals surface area contributed by atoms with Crippen LogP contribution in [0.4, 0.5) is 0 Å². The van der Waals surface area contributed by atoms with Crippen molar-refractivity contribution in [2.45, 2.75) is 51.0 Å². The van der Waals surface area contributed by atoms with Gasteiger partial charge in [0.1, 0.15) is 11.4 Å². The Morgan fingerprint density at radius 3 is 2.35 bits per heavy atom. The molecule has 1 heteroatoms. The minimum Gasteiger partial charge on any atom is -0.482 e. The second-order valence-corrected chi connectivity index (χ2v) is 7.68. The first-order valence-corrected chi connectivity index (χ1v) is 9.18. The monoisotopic (exact) mass is 304 g/mol. The quantitative estimate of drug-likeness (QED) is 0.582. The van der Waals surface area contributed by atoms with Crippen molar-refractivity contribution < 1.29 is 4.74 Å². The molecule has 118 valence electrons. The molecular weight excluding hydrogens is 280 g/mol. The molecule has 0 radical (unpaired) electrons. The van der Waals surface area contributed by atoms with Crippen molar-refractivity contribution in [1.29, 1.82) is 0 Å². The molecule has 1 spiro atoms. The van der Waals surface area contributed by atoms with Crippen LogP contribution in [-0.4, -0.2) is 5.60 Å². The van der Waals surface area contributed by atoms with Gasteiger partial charge in [-0.15, -0.1) is 0 Å². The topological polar surface area (TPSA) is 9.23 Å². The molecular formula is C22H24O. The van der Waals surface area contributed by atoms with Crippen LogP contribution in [0.25, 0.3) is 16.8 Å². The second kappa shape index (κ2) is 4.87. The number of benzene rings is 2. The molecule has 1 nitrogen and oxygen atoms in total. The van der Waals surface area contributed by atoms with E-state index in [9.17, 15) is 0 Å². The summed E-state index contributed by atoms with van der Waals surface area (Å²) in [7, 11) is 0. The highest BCUT2D eigenvalue weighted by atomic mass is 16.5. The van der Waals surface area contributed by atoms with Gasteiger partial charge < -0.3 is 4.74 Å². The van der Waals surface area contributed by atoms with E-state index in [-0.39, 0.29) is 5.60 Å². The summed E-state index contributed by atoms with van der Waals surface area (Å²) in [6.07, 6.45) is 10.6. The number of fused-ring (bicyclic) bond motifs is 3. The molecule has 23 heavy (non-hydrogen) atoms. The molecule has 2 aromatic carbocycles. The number of hydrogen-bond donors (Lipinski definition) is 0. The summed E-state index contributed by atoms with van der Waals surface area (Å²) < 4.78 is 6.88. The van der Waals surface area contributed by atoms with Gasteiger partial charge in [-0.3, -0.25) is 0 Å². The molecule has 0 saturated heterocycles. The molecule has 0 amide bonds. The lowest BCUT2D eigenvalue weighted by Crippen LogP contribution is -2.56. The third-order valence-corrected chi connectivity index (χ3v) is 6.61. The molecule has 1 aliphatic heterocycles. The zero-order chi connectivity index (χ0) is 15.4. The maximum absolute atomic E-state index is 6.88. The van der Waals surface area contributed by atoms with E-state index in [0.29, 0.717) is 11.8 Å². The molecule has 0 atom stereocenters. The van der Waals surface area contributed by atoms with Gasteiger partial charge in [-0.05, 0) is 61.1 Å². The fraction of sp³-hybridized carbons (Fsp3) is 0.455. The first-order chi connectivity index (χ1) is 11.3. The van der Waals surface area contributed by atoms with Crippen LogP contribution in [0.3, 0.4) is 0 Å². The predicted molar refractivity (Wildman–Crippen MR) is 95.6 cm³/mol. The lowest BCUT2D eigenvalue weighted by molar-refractivity contribution is -0.0702. The Labute approximate surface area is 138 Å². The van der Waals surface area contributed by atoms with Crippen LogP contribution in [0.1, 0.15) is 51.0 Å². The maximum atomic E-state index is 6.88. The minimum absolute atomic E-state index is 0.00798. The SMILES string of the molecule is CC1=Cc2c(ccc3ccccc23)OC12C1CCCC2CCC1. The fourth-order valence-electron chi connectivity index (χ4n) is 5.62. The van der Waals surface area contributed by atoms with Crippen molar-refractivity contribution in [3.63, 3.8) is 0 Å². The van der Waals surface area contributed by atoms with Gasteiger partial charge >= 0.3 is 0 Å². The van der Waals surface area contributed by atoms with E-state index in [0.717, 1.165) is 5.75 Å². The lowest BCUT2D eigenvalue weighted by Gasteiger charge is -2.54. The molecule has 2 fully saturated rings. The fourth-order valence-corrected chi connectivity index (χ4v) is 5.62. The Morgan fingerprint density at radius 2 is 1.61 bits per heavy atom. The molecule has 3 aliphatic rings. The zero-order valence-corrected chi connectivity index (χ0v) is 13.8. The van der Waals surface area contributed by atoms with E-state index < -0.39 is 0 Å². The van der Waals surface area contributed by atoms with Gasteiger partial charge in [0.05, 0.1) is 0 Å². The summed E-state index contributed by atoms with van der Waals surface area (Å²) in [5.74, 6) is 2.53. The number of ether oxygens (including phenoxy) is 1. The zero-order valence-electron chi connectivity index (χ0n) is 13.8. The normalized spacial score (nSPS) is 32.3. The van der Waals surface area contributed by atoms with Crippen LogP contribution in [0.2, 0.25) is 0 Å². The summed E-state index contributed by atoms with van der Waals surface area (Å²) in [5.41, 5.74) is 2.75. The highest BCUT2D eigenvalue weighted by Crippen LogP contribution is 2.55. The van der Waals surface area contributed by atoms with E-state index >= 15 is 0 Å². The van der Waals surface area contributed by atoms with Crippen molar-refractivity contribution in [3.05, 3.63) is 47.5 Å². The third-order valence-electron chi connectivity index (χ3n) is 6.61. The number of hydrogen-bond acceptors (Lipinski definition) is 1. The van der Waals surface area contributed by atoms with Crippen LogP contribution >= 0.6 is 0 Å². The standard InChI is InChI=1S/C22H24O/c1-15-14-20-19-11-3-2-6-16(19)12-13-21(20)23-22(15)17-7-4-8-18(22)10-5-9-17/h2-3,6,11-14,17-18H,4-5,7-10H2,1H3. The van der Waals surface area contributed by atoms with Gasteiger partial charge in [0.15, 0.2) is 0 Å². The van der Waals surface area contributed by atoms with Gasteiger partial charge in [0.25, 0.3) is 0 Å². The van der Waals surface area contributed by atoms with E-state index in [1.165, 1.54) is 60.4 Å². The summed E-state index contributed by atoms with van der Waals surface area (Å²) in [6.45, 7) is 2.32. The molecule has 5 rings (SSSR count). The Balaban J connectivity index is 1.70. The summed E-state index contributed by atoms with van der Waals surface area (Å²) in [5, 5.41) is 2.62. The van der Waals surface area contributed by atoms with Crippen molar-refractivity contribution in [2.24, 2.45) is 11.8 Å². The van der Waals surface area contributed by atoms with Crippen LogP contribution in [0.15, 0.2) is 42.0 Å². The van der Waals surface area contributed by atoms with Crippen molar-refractivity contribution >= 4 is 16.8 Å². The van der Waals surface area contributed by atoms with Gasteiger partial charge in [-0.1, -0.05) is 43.2 Å². The van der Waals surface area contributed by atoms with Crippen molar-refractivity contribution in [1.82, 2.24) is 0 Å². The van der Waals surface area contributed by atoms with Gasteiger partial charge in [-0.2, -0.15) is 0 Å². The average Bonchev–Trinajstić information content (AvgIpc) is 2.56. The van der Waals surface area contributed by atoms with Crippen molar-refractivity contribution in [2.75, 3.05) is 0 Å². The van der Waals surface area contributed by atoms with E-state index in [1.807, 2.05) is 0 Å². The van der Waals surface area contributed by atoms with Gasteiger partial charge in [0, 0.05) is 17.4 Å². The lowest BCUT2D eigenvalue weighted by atomic mass is 9.58. The molecule has 2 aliphatic carbocycles. The van der Waals surface area contributed by atoms with E-state index in [2.05, 4.69) is 49.4 Å². The van der Waals surface area contributed by atoms with Gasteiger partial charge in [-0.25, -0.2) is 0 Å².